The molecule has 0 spiro atoms. The van der Waals surface area contributed by atoms with Crippen molar-refractivity contribution < 1.29 is 13.2 Å². The number of halogens is 3. The molecule has 8 heteroatoms. The highest BCUT2D eigenvalue weighted by Crippen LogP contribution is 2.36. The van der Waals surface area contributed by atoms with Crippen molar-refractivity contribution in [2.75, 3.05) is 0 Å². The number of alkyl halides is 3. The molecule has 21 heavy (non-hydrogen) atoms. The zero-order chi connectivity index (χ0) is 15.6. The molecule has 0 aliphatic rings. The number of hydrogen-bond donors (Lipinski definition) is 0. The van der Waals surface area contributed by atoms with Gasteiger partial charge >= 0.3 is 6.18 Å². The number of nitrogens with zero attached hydrogens (tertiary/aromatic N) is 3. The molecular weight excluding hydrogens is 319 g/mol. The van der Waals surface area contributed by atoms with Gasteiger partial charge in [0.1, 0.15) is 11.1 Å². The summed E-state index contributed by atoms with van der Waals surface area (Å²) in [7, 11) is 0. The standard InChI is InChI=1S/C13H10F3N3S2/c1-7-3-11(13(14,15)16)10(4-17)12(19-7)20-6-9-5-18-8(2)21-9/h3,5H,6H2,1-2H3. The van der Waals surface area contributed by atoms with E-state index in [0.29, 0.717) is 5.75 Å². The molecule has 0 aliphatic heterocycles. The summed E-state index contributed by atoms with van der Waals surface area (Å²) in [5, 5.41) is 10.0. The molecule has 0 radical (unpaired) electrons. The van der Waals surface area contributed by atoms with Gasteiger partial charge in [0.05, 0.1) is 16.1 Å². The van der Waals surface area contributed by atoms with E-state index in [0.717, 1.165) is 27.7 Å². The Morgan fingerprint density at radius 3 is 2.62 bits per heavy atom. The summed E-state index contributed by atoms with van der Waals surface area (Å²) in [5.41, 5.74) is -1.11. The van der Waals surface area contributed by atoms with Gasteiger partial charge in [-0.2, -0.15) is 18.4 Å². The number of nitriles is 1. The van der Waals surface area contributed by atoms with Crippen LogP contribution in [0.2, 0.25) is 0 Å². The van der Waals surface area contributed by atoms with Crippen molar-refractivity contribution in [3.05, 3.63) is 39.0 Å². The van der Waals surface area contributed by atoms with Gasteiger partial charge in [0.15, 0.2) is 0 Å². The lowest BCUT2D eigenvalue weighted by molar-refractivity contribution is -0.138. The molecule has 0 saturated carbocycles. The molecule has 2 aromatic rings. The van der Waals surface area contributed by atoms with Crippen LogP contribution in [0, 0.1) is 25.2 Å². The molecule has 0 atom stereocenters. The maximum Gasteiger partial charge on any atom is 0.417 e. The molecule has 2 aromatic heterocycles. The molecule has 2 heterocycles. The first-order chi connectivity index (χ1) is 9.81. The Labute approximate surface area is 127 Å². The van der Waals surface area contributed by atoms with Crippen LogP contribution in [0.15, 0.2) is 17.3 Å². The molecule has 0 N–H and O–H groups in total. The molecule has 3 nitrogen and oxygen atoms in total. The summed E-state index contributed by atoms with van der Waals surface area (Å²) in [6, 6.07) is 2.53. The third kappa shape index (κ3) is 3.74. The van der Waals surface area contributed by atoms with Gasteiger partial charge in [0, 0.05) is 22.5 Å². The largest absolute Gasteiger partial charge is 0.417 e. The number of hydrogen-bond acceptors (Lipinski definition) is 5. The van der Waals surface area contributed by atoms with E-state index in [1.165, 1.54) is 18.3 Å². The molecular formula is C13H10F3N3S2. The molecule has 2 rings (SSSR count). The number of thiazole rings is 1. The SMILES string of the molecule is Cc1cc(C(F)(F)F)c(C#N)c(SCc2cnc(C)s2)n1. The third-order valence-electron chi connectivity index (χ3n) is 2.55. The Hall–Kier alpha value is -1.59. The Kier molecular flexibility index (Phi) is 4.54. The summed E-state index contributed by atoms with van der Waals surface area (Å²) < 4.78 is 38.9. The highest BCUT2D eigenvalue weighted by molar-refractivity contribution is 7.98. The van der Waals surface area contributed by atoms with Crippen molar-refractivity contribution in [2.24, 2.45) is 0 Å². The van der Waals surface area contributed by atoms with E-state index in [1.54, 1.807) is 12.3 Å². The number of rotatable bonds is 3. The van der Waals surface area contributed by atoms with Crippen LogP contribution < -0.4 is 0 Å². The minimum absolute atomic E-state index is 0.107. The van der Waals surface area contributed by atoms with Gasteiger partial charge in [0.2, 0.25) is 0 Å². The van der Waals surface area contributed by atoms with E-state index in [2.05, 4.69) is 9.97 Å². The molecule has 0 fully saturated rings. The third-order valence-corrected chi connectivity index (χ3v) is 4.67. The molecule has 0 unspecified atom stereocenters. The fourth-order valence-corrected chi connectivity index (χ4v) is 3.56. The van der Waals surface area contributed by atoms with Crippen molar-refractivity contribution in [2.45, 2.75) is 30.8 Å². The minimum atomic E-state index is -4.56. The predicted molar refractivity (Wildman–Crippen MR) is 75.1 cm³/mol. The number of aryl methyl sites for hydroxylation is 2. The smallest absolute Gasteiger partial charge is 0.250 e. The van der Waals surface area contributed by atoms with E-state index in [4.69, 9.17) is 5.26 Å². The van der Waals surface area contributed by atoms with Crippen LogP contribution in [0.3, 0.4) is 0 Å². The maximum atomic E-state index is 13.0. The highest BCUT2D eigenvalue weighted by Gasteiger charge is 2.35. The molecule has 0 aromatic carbocycles. The van der Waals surface area contributed by atoms with Gasteiger partial charge in [-0.05, 0) is 19.9 Å². The van der Waals surface area contributed by atoms with Gasteiger partial charge < -0.3 is 0 Å². The zero-order valence-electron chi connectivity index (χ0n) is 11.2. The van der Waals surface area contributed by atoms with Crippen LogP contribution in [0.25, 0.3) is 0 Å². The minimum Gasteiger partial charge on any atom is -0.250 e. The van der Waals surface area contributed by atoms with Gasteiger partial charge in [-0.15, -0.1) is 11.3 Å². The number of pyridine rings is 1. The zero-order valence-corrected chi connectivity index (χ0v) is 12.8. The van der Waals surface area contributed by atoms with E-state index in [1.807, 2.05) is 6.92 Å². The van der Waals surface area contributed by atoms with Gasteiger partial charge in [-0.1, -0.05) is 11.8 Å². The van der Waals surface area contributed by atoms with Crippen LogP contribution in [-0.2, 0) is 11.9 Å². The fraction of sp³-hybridized carbons (Fsp3) is 0.308. The Balaban J connectivity index is 2.35. The second-order valence-corrected chi connectivity index (χ2v) is 6.52. The Morgan fingerprint density at radius 2 is 2.10 bits per heavy atom. The van der Waals surface area contributed by atoms with Crippen LogP contribution >= 0.6 is 23.1 Å². The van der Waals surface area contributed by atoms with Crippen LogP contribution in [0.4, 0.5) is 13.2 Å². The fourth-order valence-electron chi connectivity index (χ4n) is 1.69. The van der Waals surface area contributed by atoms with E-state index in [-0.39, 0.29) is 10.7 Å². The van der Waals surface area contributed by atoms with Crippen molar-refractivity contribution >= 4 is 23.1 Å². The van der Waals surface area contributed by atoms with Crippen molar-refractivity contribution in [3.8, 4) is 6.07 Å². The summed E-state index contributed by atoms with van der Waals surface area (Å²) in [5.74, 6) is 0.438. The first-order valence-corrected chi connectivity index (χ1v) is 7.64. The summed E-state index contributed by atoms with van der Waals surface area (Å²) in [4.78, 5) is 9.08. The molecule has 110 valence electrons. The Morgan fingerprint density at radius 1 is 1.38 bits per heavy atom. The number of aromatic nitrogens is 2. The van der Waals surface area contributed by atoms with E-state index in [9.17, 15) is 13.2 Å². The molecule has 0 saturated heterocycles. The topological polar surface area (TPSA) is 49.6 Å². The van der Waals surface area contributed by atoms with Crippen molar-refractivity contribution in [3.63, 3.8) is 0 Å². The lowest BCUT2D eigenvalue weighted by atomic mass is 10.1. The quantitative estimate of drug-likeness (QED) is 0.786. The van der Waals surface area contributed by atoms with Crippen molar-refractivity contribution in [1.29, 1.82) is 5.26 Å². The van der Waals surface area contributed by atoms with Crippen LogP contribution in [-0.4, -0.2) is 9.97 Å². The van der Waals surface area contributed by atoms with E-state index < -0.39 is 17.3 Å². The lowest BCUT2D eigenvalue weighted by Gasteiger charge is -2.12. The normalized spacial score (nSPS) is 11.4. The van der Waals surface area contributed by atoms with Gasteiger partial charge in [0.25, 0.3) is 0 Å². The molecule has 0 amide bonds. The predicted octanol–water partition coefficient (Wildman–Crippen LogP) is 4.34. The second-order valence-electron chi connectivity index (χ2n) is 4.24. The summed E-state index contributed by atoms with van der Waals surface area (Å²) in [6.07, 6.45) is -2.88. The highest BCUT2D eigenvalue weighted by atomic mass is 32.2. The first kappa shape index (κ1) is 15.8. The average molecular weight is 329 g/mol. The molecule has 0 bridgehead atoms. The van der Waals surface area contributed by atoms with Crippen LogP contribution in [0.5, 0.6) is 0 Å². The first-order valence-electron chi connectivity index (χ1n) is 5.84. The average Bonchev–Trinajstić information content (AvgIpc) is 2.80. The van der Waals surface area contributed by atoms with E-state index >= 15 is 0 Å². The Bertz CT molecular complexity index is 702. The number of thioether (sulfide) groups is 1. The van der Waals surface area contributed by atoms with Crippen molar-refractivity contribution in [1.82, 2.24) is 9.97 Å². The molecule has 0 aliphatic carbocycles. The maximum absolute atomic E-state index is 13.0. The lowest BCUT2D eigenvalue weighted by Crippen LogP contribution is -2.10. The van der Waals surface area contributed by atoms with Gasteiger partial charge in [-0.3, -0.25) is 0 Å². The summed E-state index contributed by atoms with van der Waals surface area (Å²) in [6.45, 7) is 3.34. The monoisotopic (exact) mass is 329 g/mol. The van der Waals surface area contributed by atoms with Gasteiger partial charge in [-0.25, -0.2) is 9.97 Å². The van der Waals surface area contributed by atoms with Crippen LogP contribution in [0.1, 0.15) is 26.7 Å². The second kappa shape index (κ2) is 6.03. The summed E-state index contributed by atoms with van der Waals surface area (Å²) >= 11 is 2.59.